The highest BCUT2D eigenvalue weighted by molar-refractivity contribution is 5.74. The van der Waals surface area contributed by atoms with Crippen molar-refractivity contribution in [2.75, 3.05) is 0 Å². The lowest BCUT2D eigenvalue weighted by atomic mass is 10.1. The molecular formula is C13H18F2N2O2. The lowest BCUT2D eigenvalue weighted by molar-refractivity contribution is -0.118. The Morgan fingerprint density at radius 2 is 1.89 bits per heavy atom. The van der Waals surface area contributed by atoms with Crippen LogP contribution in [0.3, 0.4) is 0 Å². The summed E-state index contributed by atoms with van der Waals surface area (Å²) in [5, 5.41) is 3.20. The number of rotatable bonds is 7. The van der Waals surface area contributed by atoms with Gasteiger partial charge in [0.1, 0.15) is 5.75 Å². The molecule has 0 aromatic heterocycles. The van der Waals surface area contributed by atoms with Gasteiger partial charge in [-0.1, -0.05) is 12.1 Å². The van der Waals surface area contributed by atoms with E-state index in [-0.39, 0.29) is 30.2 Å². The molecule has 106 valence electrons. The zero-order chi connectivity index (χ0) is 14.4. The van der Waals surface area contributed by atoms with E-state index in [0.717, 1.165) is 5.56 Å². The topological polar surface area (TPSA) is 64.4 Å². The molecule has 0 bridgehead atoms. The number of ether oxygens (including phenoxy) is 1. The molecular weight excluding hydrogens is 254 g/mol. The van der Waals surface area contributed by atoms with Gasteiger partial charge in [-0.25, -0.2) is 0 Å². The second kappa shape index (κ2) is 7.04. The molecule has 2 atom stereocenters. The fraction of sp³-hybridized carbons (Fsp3) is 0.462. The van der Waals surface area contributed by atoms with Gasteiger partial charge in [0.25, 0.3) is 0 Å². The fourth-order valence-electron chi connectivity index (χ4n) is 1.82. The molecule has 1 rings (SSSR count). The SMILES string of the molecule is CC(CC(N)=O)NC(C)c1ccc(OC(F)F)cc1. The number of hydrogen-bond donors (Lipinski definition) is 2. The summed E-state index contributed by atoms with van der Waals surface area (Å²) in [4.78, 5) is 10.8. The molecule has 0 saturated heterocycles. The van der Waals surface area contributed by atoms with E-state index in [1.807, 2.05) is 13.8 Å². The Morgan fingerprint density at radius 3 is 2.37 bits per heavy atom. The van der Waals surface area contributed by atoms with Crippen LogP contribution in [0.1, 0.15) is 31.9 Å². The van der Waals surface area contributed by atoms with Gasteiger partial charge < -0.3 is 15.8 Å². The van der Waals surface area contributed by atoms with E-state index in [2.05, 4.69) is 10.1 Å². The Labute approximate surface area is 110 Å². The van der Waals surface area contributed by atoms with Gasteiger partial charge in [-0.2, -0.15) is 8.78 Å². The van der Waals surface area contributed by atoms with Crippen LogP contribution in [0.2, 0.25) is 0 Å². The fourth-order valence-corrected chi connectivity index (χ4v) is 1.82. The average molecular weight is 272 g/mol. The van der Waals surface area contributed by atoms with Crippen LogP contribution in [0.25, 0.3) is 0 Å². The third-order valence-electron chi connectivity index (χ3n) is 2.65. The number of nitrogens with one attached hydrogen (secondary N) is 1. The highest BCUT2D eigenvalue weighted by atomic mass is 19.3. The molecule has 4 nitrogen and oxygen atoms in total. The summed E-state index contributed by atoms with van der Waals surface area (Å²) in [6.07, 6.45) is 0.247. The monoisotopic (exact) mass is 272 g/mol. The number of primary amides is 1. The molecule has 0 spiro atoms. The maximum atomic E-state index is 12.0. The molecule has 0 fully saturated rings. The first-order valence-corrected chi connectivity index (χ1v) is 5.97. The Morgan fingerprint density at radius 1 is 1.32 bits per heavy atom. The van der Waals surface area contributed by atoms with Crippen LogP contribution < -0.4 is 15.8 Å². The lowest BCUT2D eigenvalue weighted by Crippen LogP contribution is -2.32. The van der Waals surface area contributed by atoms with Crippen LogP contribution in [0.5, 0.6) is 5.75 Å². The summed E-state index contributed by atoms with van der Waals surface area (Å²) >= 11 is 0. The van der Waals surface area contributed by atoms with Crippen molar-refractivity contribution < 1.29 is 18.3 Å². The largest absolute Gasteiger partial charge is 0.435 e. The molecule has 2 unspecified atom stereocenters. The van der Waals surface area contributed by atoms with Gasteiger partial charge in [0.05, 0.1) is 0 Å². The zero-order valence-electron chi connectivity index (χ0n) is 10.9. The van der Waals surface area contributed by atoms with E-state index < -0.39 is 6.61 Å². The van der Waals surface area contributed by atoms with Crippen LogP contribution in [0.4, 0.5) is 8.78 Å². The van der Waals surface area contributed by atoms with Crippen molar-refractivity contribution >= 4 is 5.91 Å². The van der Waals surface area contributed by atoms with E-state index in [1.165, 1.54) is 12.1 Å². The molecule has 1 aromatic rings. The number of benzene rings is 1. The number of nitrogens with two attached hydrogens (primary N) is 1. The zero-order valence-corrected chi connectivity index (χ0v) is 10.9. The number of halogens is 2. The van der Waals surface area contributed by atoms with Gasteiger partial charge in [0.15, 0.2) is 0 Å². The third kappa shape index (κ3) is 5.65. The van der Waals surface area contributed by atoms with Gasteiger partial charge in [-0.3, -0.25) is 4.79 Å². The second-order valence-corrected chi connectivity index (χ2v) is 4.41. The van der Waals surface area contributed by atoms with Crippen molar-refractivity contribution in [1.82, 2.24) is 5.32 Å². The third-order valence-corrected chi connectivity index (χ3v) is 2.65. The number of alkyl halides is 2. The van der Waals surface area contributed by atoms with Crippen LogP contribution >= 0.6 is 0 Å². The summed E-state index contributed by atoms with van der Waals surface area (Å²) in [7, 11) is 0. The van der Waals surface area contributed by atoms with E-state index in [1.54, 1.807) is 12.1 Å². The van der Waals surface area contributed by atoms with E-state index >= 15 is 0 Å². The summed E-state index contributed by atoms with van der Waals surface area (Å²) < 4.78 is 28.3. The molecule has 1 aromatic carbocycles. The number of hydrogen-bond acceptors (Lipinski definition) is 3. The van der Waals surface area contributed by atoms with Crippen LogP contribution in [-0.2, 0) is 4.79 Å². The number of carbonyl (C=O) groups is 1. The first-order valence-electron chi connectivity index (χ1n) is 5.97. The molecule has 0 aliphatic heterocycles. The predicted octanol–water partition coefficient (Wildman–Crippen LogP) is 2.20. The molecule has 0 aliphatic rings. The Kier molecular flexibility index (Phi) is 5.69. The molecule has 3 N–H and O–H groups in total. The number of carbonyl (C=O) groups excluding carboxylic acids is 1. The highest BCUT2D eigenvalue weighted by Gasteiger charge is 2.12. The minimum absolute atomic E-state index is 0.0186. The molecule has 19 heavy (non-hydrogen) atoms. The Hall–Kier alpha value is -1.69. The van der Waals surface area contributed by atoms with Crippen molar-refractivity contribution in [3.8, 4) is 5.75 Å². The molecule has 0 heterocycles. The first kappa shape index (κ1) is 15.4. The average Bonchev–Trinajstić information content (AvgIpc) is 2.27. The van der Waals surface area contributed by atoms with Gasteiger partial charge >= 0.3 is 6.61 Å². The highest BCUT2D eigenvalue weighted by Crippen LogP contribution is 2.19. The summed E-state index contributed by atoms with van der Waals surface area (Å²) in [5.74, 6) is -0.246. The van der Waals surface area contributed by atoms with Gasteiger partial charge in [-0.15, -0.1) is 0 Å². The number of amides is 1. The van der Waals surface area contributed by atoms with Gasteiger partial charge in [-0.05, 0) is 31.5 Å². The Bertz CT molecular complexity index is 410. The molecule has 0 aliphatic carbocycles. The van der Waals surface area contributed by atoms with Crippen LogP contribution in [0, 0.1) is 0 Å². The maximum Gasteiger partial charge on any atom is 0.387 e. The molecule has 1 amide bonds. The second-order valence-electron chi connectivity index (χ2n) is 4.41. The molecule has 0 saturated carbocycles. The normalized spacial score (nSPS) is 14.2. The van der Waals surface area contributed by atoms with Crippen molar-refractivity contribution in [3.63, 3.8) is 0 Å². The van der Waals surface area contributed by atoms with E-state index in [0.29, 0.717) is 0 Å². The first-order chi connectivity index (χ1) is 8.88. The van der Waals surface area contributed by atoms with E-state index in [4.69, 9.17) is 5.73 Å². The smallest absolute Gasteiger partial charge is 0.387 e. The maximum absolute atomic E-state index is 12.0. The van der Waals surface area contributed by atoms with Crippen molar-refractivity contribution in [1.29, 1.82) is 0 Å². The minimum Gasteiger partial charge on any atom is -0.435 e. The van der Waals surface area contributed by atoms with Crippen molar-refractivity contribution in [3.05, 3.63) is 29.8 Å². The van der Waals surface area contributed by atoms with Crippen molar-refractivity contribution in [2.24, 2.45) is 5.73 Å². The van der Waals surface area contributed by atoms with E-state index in [9.17, 15) is 13.6 Å². The Balaban J connectivity index is 2.57. The van der Waals surface area contributed by atoms with Crippen LogP contribution in [-0.4, -0.2) is 18.6 Å². The van der Waals surface area contributed by atoms with Crippen LogP contribution in [0.15, 0.2) is 24.3 Å². The lowest BCUT2D eigenvalue weighted by Gasteiger charge is -2.19. The summed E-state index contributed by atoms with van der Waals surface area (Å²) in [5.41, 5.74) is 6.02. The van der Waals surface area contributed by atoms with Gasteiger partial charge in [0, 0.05) is 18.5 Å². The quantitative estimate of drug-likeness (QED) is 0.799. The standard InChI is InChI=1S/C13H18F2N2O2/c1-8(7-12(16)18)17-9(2)10-3-5-11(6-4-10)19-13(14)15/h3-6,8-9,13,17H,7H2,1-2H3,(H2,16,18). The summed E-state index contributed by atoms with van der Waals surface area (Å²) in [6, 6.07) is 6.30. The summed E-state index contributed by atoms with van der Waals surface area (Å²) in [6.45, 7) is 0.952. The van der Waals surface area contributed by atoms with Gasteiger partial charge in [0.2, 0.25) is 5.91 Å². The molecule has 6 heteroatoms. The minimum atomic E-state index is -2.82. The van der Waals surface area contributed by atoms with Crippen molar-refractivity contribution in [2.45, 2.75) is 39.0 Å². The predicted molar refractivity (Wildman–Crippen MR) is 67.9 cm³/mol. The molecule has 0 radical (unpaired) electrons.